The lowest BCUT2D eigenvalue weighted by atomic mass is 10.1. The number of benzene rings is 3. The van der Waals surface area contributed by atoms with E-state index in [2.05, 4.69) is 10.5 Å². The van der Waals surface area contributed by atoms with Crippen LogP contribution in [0.3, 0.4) is 0 Å². The summed E-state index contributed by atoms with van der Waals surface area (Å²) in [6.07, 6.45) is 1.58. The van der Waals surface area contributed by atoms with Gasteiger partial charge < -0.3 is 4.74 Å². The van der Waals surface area contributed by atoms with Crippen molar-refractivity contribution < 1.29 is 9.53 Å². The van der Waals surface area contributed by atoms with Gasteiger partial charge in [0.15, 0.2) is 6.61 Å². The van der Waals surface area contributed by atoms with E-state index in [9.17, 15) is 4.79 Å². The second-order valence-corrected chi connectivity index (χ2v) is 6.11. The molecule has 0 radical (unpaired) electrons. The van der Waals surface area contributed by atoms with E-state index >= 15 is 0 Å². The van der Waals surface area contributed by atoms with Crippen LogP contribution >= 0.6 is 23.2 Å². The van der Waals surface area contributed by atoms with Crippen LogP contribution in [0.4, 0.5) is 0 Å². The molecule has 25 heavy (non-hydrogen) atoms. The summed E-state index contributed by atoms with van der Waals surface area (Å²) >= 11 is 11.8. The van der Waals surface area contributed by atoms with Crippen LogP contribution in [0, 0.1) is 0 Å². The molecule has 1 N–H and O–H groups in total. The van der Waals surface area contributed by atoms with E-state index in [4.69, 9.17) is 27.9 Å². The average Bonchev–Trinajstić information content (AvgIpc) is 2.61. The highest BCUT2D eigenvalue weighted by Gasteiger charge is 2.05. The predicted octanol–water partition coefficient (Wildman–Crippen LogP) is 4.68. The Morgan fingerprint density at radius 3 is 2.64 bits per heavy atom. The summed E-state index contributed by atoms with van der Waals surface area (Å²) in [5, 5.41) is 7.05. The third-order valence-electron chi connectivity index (χ3n) is 3.43. The number of hydrogen-bond acceptors (Lipinski definition) is 3. The lowest BCUT2D eigenvalue weighted by Gasteiger charge is -2.07. The summed E-state index contributed by atoms with van der Waals surface area (Å²) in [5.41, 5.74) is 3.31. The molecular weight excluding hydrogens is 359 g/mol. The molecule has 1 amide bonds. The van der Waals surface area contributed by atoms with Gasteiger partial charge in [0, 0.05) is 5.02 Å². The van der Waals surface area contributed by atoms with Crippen LogP contribution in [0.2, 0.25) is 10.0 Å². The topological polar surface area (TPSA) is 50.7 Å². The zero-order chi connectivity index (χ0) is 17.6. The first-order chi connectivity index (χ1) is 12.1. The molecule has 126 valence electrons. The van der Waals surface area contributed by atoms with Crippen molar-refractivity contribution in [3.8, 4) is 5.75 Å². The maximum atomic E-state index is 11.8. The van der Waals surface area contributed by atoms with Crippen molar-refractivity contribution in [1.29, 1.82) is 0 Å². The van der Waals surface area contributed by atoms with Crippen LogP contribution in [0.25, 0.3) is 10.8 Å². The number of carbonyl (C=O) groups excluding carboxylic acids is 1. The highest BCUT2D eigenvalue weighted by Crippen LogP contribution is 2.27. The minimum atomic E-state index is -0.386. The van der Waals surface area contributed by atoms with Gasteiger partial charge in [-0.3, -0.25) is 4.79 Å². The van der Waals surface area contributed by atoms with E-state index < -0.39 is 0 Å². The molecule has 4 nitrogen and oxygen atoms in total. The number of hydrogen-bond donors (Lipinski definition) is 1. The molecule has 3 aromatic carbocycles. The van der Waals surface area contributed by atoms with E-state index in [-0.39, 0.29) is 12.5 Å². The lowest BCUT2D eigenvalue weighted by molar-refractivity contribution is -0.123. The quantitative estimate of drug-likeness (QED) is 0.522. The standard InChI is InChI=1S/C19H14Cl2N2O2/c20-16-7-8-18(17(21)10-16)25-12-19(24)23-22-11-13-5-6-14-3-1-2-4-15(14)9-13/h1-11H,12H2,(H,23,24)/b22-11+. The van der Waals surface area contributed by atoms with Gasteiger partial charge in [0.1, 0.15) is 5.75 Å². The molecule has 0 heterocycles. The minimum absolute atomic E-state index is 0.198. The summed E-state index contributed by atoms with van der Waals surface area (Å²) in [4.78, 5) is 11.8. The normalized spacial score (nSPS) is 11.0. The first-order valence-corrected chi connectivity index (χ1v) is 8.26. The van der Waals surface area contributed by atoms with Gasteiger partial charge in [-0.05, 0) is 40.6 Å². The van der Waals surface area contributed by atoms with E-state index in [1.807, 2.05) is 42.5 Å². The van der Waals surface area contributed by atoms with Gasteiger partial charge in [-0.15, -0.1) is 0 Å². The van der Waals surface area contributed by atoms with Crippen LogP contribution in [0.15, 0.2) is 65.8 Å². The van der Waals surface area contributed by atoms with E-state index in [1.54, 1.807) is 24.4 Å². The third-order valence-corrected chi connectivity index (χ3v) is 3.96. The molecule has 0 aliphatic heterocycles. The smallest absolute Gasteiger partial charge is 0.277 e. The van der Waals surface area contributed by atoms with Crippen LogP contribution in [0.5, 0.6) is 5.75 Å². The second-order valence-electron chi connectivity index (χ2n) is 5.26. The minimum Gasteiger partial charge on any atom is -0.482 e. The van der Waals surface area contributed by atoms with Crippen molar-refractivity contribution >= 4 is 46.1 Å². The van der Waals surface area contributed by atoms with Gasteiger partial charge in [-0.1, -0.05) is 59.6 Å². The van der Waals surface area contributed by atoms with Gasteiger partial charge >= 0.3 is 0 Å². The molecular formula is C19H14Cl2N2O2. The Bertz CT molecular complexity index is 942. The van der Waals surface area contributed by atoms with Crippen molar-refractivity contribution in [2.45, 2.75) is 0 Å². The van der Waals surface area contributed by atoms with Gasteiger partial charge in [-0.25, -0.2) is 5.43 Å². The van der Waals surface area contributed by atoms with E-state index in [0.29, 0.717) is 15.8 Å². The lowest BCUT2D eigenvalue weighted by Crippen LogP contribution is -2.24. The fourth-order valence-corrected chi connectivity index (χ4v) is 2.70. The molecule has 0 fully saturated rings. The number of nitrogens with zero attached hydrogens (tertiary/aromatic N) is 1. The summed E-state index contributed by atoms with van der Waals surface area (Å²) in [5.74, 6) is 0.00258. The predicted molar refractivity (Wildman–Crippen MR) is 102 cm³/mol. The van der Waals surface area contributed by atoms with E-state index in [0.717, 1.165) is 16.3 Å². The van der Waals surface area contributed by atoms with Crippen LogP contribution in [-0.4, -0.2) is 18.7 Å². The first-order valence-electron chi connectivity index (χ1n) is 7.50. The summed E-state index contributed by atoms with van der Waals surface area (Å²) in [6, 6.07) is 18.8. The molecule has 0 aliphatic rings. The van der Waals surface area contributed by atoms with Gasteiger partial charge in [-0.2, -0.15) is 5.10 Å². The van der Waals surface area contributed by atoms with Crippen molar-refractivity contribution in [1.82, 2.24) is 5.43 Å². The van der Waals surface area contributed by atoms with Gasteiger partial charge in [0.2, 0.25) is 0 Å². The Kier molecular flexibility index (Phi) is 5.53. The fraction of sp³-hybridized carbons (Fsp3) is 0.0526. The zero-order valence-electron chi connectivity index (χ0n) is 13.1. The number of halogens is 2. The Morgan fingerprint density at radius 1 is 1.04 bits per heavy atom. The number of hydrazone groups is 1. The highest BCUT2D eigenvalue weighted by atomic mass is 35.5. The number of nitrogens with one attached hydrogen (secondary N) is 1. The van der Waals surface area contributed by atoms with Crippen LogP contribution < -0.4 is 10.2 Å². The SMILES string of the molecule is O=C(COc1ccc(Cl)cc1Cl)N/N=C/c1ccc2ccccc2c1. The number of carbonyl (C=O) groups is 1. The second kappa shape index (κ2) is 8.01. The number of amides is 1. The zero-order valence-corrected chi connectivity index (χ0v) is 14.6. The average molecular weight is 373 g/mol. The molecule has 0 unspecified atom stereocenters. The Labute approximate surface area is 155 Å². The Morgan fingerprint density at radius 2 is 1.84 bits per heavy atom. The Hall–Kier alpha value is -2.56. The maximum Gasteiger partial charge on any atom is 0.277 e. The number of rotatable bonds is 5. The molecule has 0 bridgehead atoms. The Balaban J connectivity index is 1.54. The van der Waals surface area contributed by atoms with Crippen LogP contribution in [0.1, 0.15) is 5.56 Å². The van der Waals surface area contributed by atoms with Crippen molar-refractivity contribution in [3.63, 3.8) is 0 Å². The maximum absolute atomic E-state index is 11.8. The fourth-order valence-electron chi connectivity index (χ4n) is 2.23. The molecule has 0 spiro atoms. The van der Waals surface area contributed by atoms with E-state index in [1.165, 1.54) is 0 Å². The molecule has 0 atom stereocenters. The molecule has 0 aromatic heterocycles. The van der Waals surface area contributed by atoms with Gasteiger partial charge in [0.25, 0.3) is 5.91 Å². The molecule has 6 heteroatoms. The summed E-state index contributed by atoms with van der Waals surface area (Å²) in [6.45, 7) is -0.198. The monoisotopic (exact) mass is 372 g/mol. The molecule has 0 saturated heterocycles. The summed E-state index contributed by atoms with van der Waals surface area (Å²) in [7, 11) is 0. The molecule has 0 aliphatic carbocycles. The number of ether oxygens (including phenoxy) is 1. The number of fused-ring (bicyclic) bond motifs is 1. The molecule has 3 aromatic rings. The van der Waals surface area contributed by atoms with Gasteiger partial charge in [0.05, 0.1) is 11.2 Å². The molecule has 3 rings (SSSR count). The van der Waals surface area contributed by atoms with Crippen LogP contribution in [-0.2, 0) is 4.79 Å². The molecule has 0 saturated carbocycles. The van der Waals surface area contributed by atoms with Crippen molar-refractivity contribution in [3.05, 3.63) is 76.3 Å². The first kappa shape index (κ1) is 17.3. The summed E-state index contributed by atoms with van der Waals surface area (Å²) < 4.78 is 5.34. The largest absolute Gasteiger partial charge is 0.482 e. The van der Waals surface area contributed by atoms with Crippen molar-refractivity contribution in [2.75, 3.05) is 6.61 Å². The van der Waals surface area contributed by atoms with Crippen molar-refractivity contribution in [2.24, 2.45) is 5.10 Å². The third kappa shape index (κ3) is 4.72. The highest BCUT2D eigenvalue weighted by molar-refractivity contribution is 6.35.